The molecule has 0 aliphatic rings. The zero-order chi connectivity index (χ0) is 18.8. The zero-order valence-electron chi connectivity index (χ0n) is 14.7. The number of para-hydroxylation sites is 3. The maximum absolute atomic E-state index is 12.9. The molecule has 7 nitrogen and oxygen atoms in total. The topological polar surface area (TPSA) is 97.9 Å². The van der Waals surface area contributed by atoms with E-state index in [4.69, 9.17) is 5.73 Å². The van der Waals surface area contributed by atoms with E-state index in [0.29, 0.717) is 33.8 Å². The maximum Gasteiger partial charge on any atom is 0.258 e. The van der Waals surface area contributed by atoms with Crippen LogP contribution in [-0.4, -0.2) is 20.4 Å². The molecule has 134 valence electrons. The molecule has 1 amide bonds. The van der Waals surface area contributed by atoms with Crippen molar-refractivity contribution in [1.82, 2.24) is 14.5 Å². The number of amides is 1. The predicted octanol–water partition coefficient (Wildman–Crippen LogP) is 3.55. The molecule has 2 aromatic heterocycles. The van der Waals surface area contributed by atoms with Crippen LogP contribution in [0.4, 0.5) is 22.9 Å². The van der Waals surface area contributed by atoms with Crippen molar-refractivity contribution in [3.8, 4) is 0 Å². The van der Waals surface area contributed by atoms with Crippen molar-refractivity contribution in [3.05, 3.63) is 72.7 Å². The van der Waals surface area contributed by atoms with Gasteiger partial charge >= 0.3 is 0 Å². The van der Waals surface area contributed by atoms with Gasteiger partial charge in [0.05, 0.1) is 22.3 Å². The van der Waals surface area contributed by atoms with Crippen LogP contribution in [0, 0.1) is 0 Å². The zero-order valence-corrected chi connectivity index (χ0v) is 14.7. The first-order valence-corrected chi connectivity index (χ1v) is 8.41. The molecule has 2 aromatic carbocycles. The SMILES string of the molecule is Cn1cc(C(=O)Nc2ccccc2N)c2c(Nc3ccccc3)ncnc21. The van der Waals surface area contributed by atoms with Crippen LogP contribution in [0.3, 0.4) is 0 Å². The van der Waals surface area contributed by atoms with Gasteiger partial charge in [-0.05, 0) is 24.3 Å². The minimum Gasteiger partial charge on any atom is -0.397 e. The van der Waals surface area contributed by atoms with Crippen molar-refractivity contribution in [3.63, 3.8) is 0 Å². The lowest BCUT2D eigenvalue weighted by atomic mass is 10.2. The van der Waals surface area contributed by atoms with Gasteiger partial charge in [0.1, 0.15) is 17.8 Å². The van der Waals surface area contributed by atoms with Crippen molar-refractivity contribution in [2.45, 2.75) is 0 Å². The fraction of sp³-hybridized carbons (Fsp3) is 0.0500. The number of hydrogen-bond acceptors (Lipinski definition) is 5. The number of nitrogens with one attached hydrogen (secondary N) is 2. The molecule has 4 N–H and O–H groups in total. The average Bonchev–Trinajstić information content (AvgIpc) is 3.03. The normalized spacial score (nSPS) is 10.7. The lowest BCUT2D eigenvalue weighted by molar-refractivity contribution is 0.102. The number of rotatable bonds is 4. The number of nitrogens with two attached hydrogens (primary N) is 1. The van der Waals surface area contributed by atoms with E-state index >= 15 is 0 Å². The first kappa shape index (κ1) is 16.6. The van der Waals surface area contributed by atoms with Gasteiger partial charge < -0.3 is 20.9 Å². The van der Waals surface area contributed by atoms with Crippen LogP contribution in [-0.2, 0) is 7.05 Å². The lowest BCUT2D eigenvalue weighted by Crippen LogP contribution is -2.13. The van der Waals surface area contributed by atoms with Crippen LogP contribution in [0.25, 0.3) is 11.0 Å². The Hall–Kier alpha value is -3.87. The molecule has 0 bridgehead atoms. The minimum atomic E-state index is -0.274. The first-order chi connectivity index (χ1) is 13.1. The van der Waals surface area contributed by atoms with Gasteiger partial charge in [-0.3, -0.25) is 4.79 Å². The number of carbonyl (C=O) groups is 1. The van der Waals surface area contributed by atoms with E-state index < -0.39 is 0 Å². The van der Waals surface area contributed by atoms with Crippen LogP contribution in [0.2, 0.25) is 0 Å². The van der Waals surface area contributed by atoms with Crippen LogP contribution >= 0.6 is 0 Å². The summed E-state index contributed by atoms with van der Waals surface area (Å²) < 4.78 is 1.80. The van der Waals surface area contributed by atoms with Gasteiger partial charge in [-0.1, -0.05) is 30.3 Å². The molecule has 7 heteroatoms. The average molecular weight is 358 g/mol. The molecule has 2 heterocycles. The second-order valence-electron chi connectivity index (χ2n) is 6.11. The summed E-state index contributed by atoms with van der Waals surface area (Å²) in [5.74, 6) is 0.294. The number of aromatic nitrogens is 3. The van der Waals surface area contributed by atoms with Crippen molar-refractivity contribution >= 4 is 39.8 Å². The number of carbonyl (C=O) groups excluding carboxylic acids is 1. The molecule has 0 saturated heterocycles. The summed E-state index contributed by atoms with van der Waals surface area (Å²) in [7, 11) is 1.84. The predicted molar refractivity (Wildman–Crippen MR) is 107 cm³/mol. The largest absolute Gasteiger partial charge is 0.397 e. The lowest BCUT2D eigenvalue weighted by Gasteiger charge is -2.09. The molecule has 4 aromatic rings. The second-order valence-corrected chi connectivity index (χ2v) is 6.11. The molecule has 0 atom stereocenters. The van der Waals surface area contributed by atoms with E-state index in [2.05, 4.69) is 20.6 Å². The molecular formula is C20H18N6O. The Morgan fingerprint density at radius 1 is 1.04 bits per heavy atom. The third-order valence-corrected chi connectivity index (χ3v) is 4.24. The molecule has 4 rings (SSSR count). The van der Waals surface area contributed by atoms with E-state index in [1.807, 2.05) is 49.5 Å². The Labute approximate surface area is 155 Å². The summed E-state index contributed by atoms with van der Waals surface area (Å²) in [5, 5.41) is 6.77. The number of nitrogens with zero attached hydrogens (tertiary/aromatic N) is 3. The monoisotopic (exact) mass is 358 g/mol. The standard InChI is InChI=1S/C20H18N6O/c1-26-11-14(20(27)25-16-10-6-5-9-15(16)21)17-18(22-12-23-19(17)26)24-13-7-3-2-4-8-13/h2-12H,21H2,1H3,(H,25,27)(H,22,23,24). The first-order valence-electron chi connectivity index (χ1n) is 8.41. The highest BCUT2D eigenvalue weighted by molar-refractivity contribution is 6.15. The molecule has 0 aliphatic heterocycles. The van der Waals surface area contributed by atoms with Crippen molar-refractivity contribution < 1.29 is 4.79 Å². The van der Waals surface area contributed by atoms with E-state index in [1.54, 1.807) is 22.9 Å². The fourth-order valence-corrected chi connectivity index (χ4v) is 2.94. The van der Waals surface area contributed by atoms with Crippen LogP contribution in [0.5, 0.6) is 0 Å². The summed E-state index contributed by atoms with van der Waals surface area (Å²) in [6.07, 6.45) is 3.22. The smallest absolute Gasteiger partial charge is 0.258 e. The number of anilines is 4. The summed E-state index contributed by atoms with van der Waals surface area (Å²) in [4.78, 5) is 21.6. The van der Waals surface area contributed by atoms with E-state index in [0.717, 1.165) is 5.69 Å². The molecule has 0 radical (unpaired) electrons. The molecular weight excluding hydrogens is 340 g/mol. The molecule has 0 aliphatic carbocycles. The summed E-state index contributed by atoms with van der Waals surface area (Å²) in [6.45, 7) is 0. The van der Waals surface area contributed by atoms with Gasteiger partial charge in [-0.2, -0.15) is 0 Å². The maximum atomic E-state index is 12.9. The number of fused-ring (bicyclic) bond motifs is 1. The van der Waals surface area contributed by atoms with Crippen LogP contribution in [0.15, 0.2) is 67.1 Å². The second kappa shape index (κ2) is 6.80. The van der Waals surface area contributed by atoms with Crippen molar-refractivity contribution in [1.29, 1.82) is 0 Å². The van der Waals surface area contributed by atoms with Gasteiger partial charge in [0, 0.05) is 18.9 Å². The number of benzene rings is 2. The highest BCUT2D eigenvalue weighted by Gasteiger charge is 2.19. The highest BCUT2D eigenvalue weighted by Crippen LogP contribution is 2.28. The van der Waals surface area contributed by atoms with Gasteiger partial charge in [0.15, 0.2) is 0 Å². The highest BCUT2D eigenvalue weighted by atomic mass is 16.1. The van der Waals surface area contributed by atoms with E-state index in [1.165, 1.54) is 6.33 Å². The summed E-state index contributed by atoms with van der Waals surface area (Å²) in [5.41, 5.74) is 9.01. The Morgan fingerprint density at radius 2 is 1.78 bits per heavy atom. The quantitative estimate of drug-likeness (QED) is 0.485. The Balaban J connectivity index is 1.76. The number of aryl methyl sites for hydroxylation is 1. The third kappa shape index (κ3) is 3.18. The fourth-order valence-electron chi connectivity index (χ4n) is 2.94. The molecule has 0 unspecified atom stereocenters. The summed E-state index contributed by atoms with van der Waals surface area (Å²) >= 11 is 0. The number of hydrogen-bond donors (Lipinski definition) is 3. The van der Waals surface area contributed by atoms with Gasteiger partial charge in [0.2, 0.25) is 0 Å². The van der Waals surface area contributed by atoms with Gasteiger partial charge in [-0.25, -0.2) is 9.97 Å². The number of nitrogen functional groups attached to an aromatic ring is 1. The summed E-state index contributed by atoms with van der Waals surface area (Å²) in [6, 6.07) is 16.8. The van der Waals surface area contributed by atoms with E-state index in [-0.39, 0.29) is 5.91 Å². The van der Waals surface area contributed by atoms with Crippen LogP contribution < -0.4 is 16.4 Å². The molecule has 27 heavy (non-hydrogen) atoms. The Bertz CT molecular complexity index is 1120. The van der Waals surface area contributed by atoms with Crippen LogP contribution in [0.1, 0.15) is 10.4 Å². The molecule has 0 fully saturated rings. The third-order valence-electron chi connectivity index (χ3n) is 4.24. The Kier molecular flexibility index (Phi) is 4.18. The van der Waals surface area contributed by atoms with Gasteiger partial charge in [0.25, 0.3) is 5.91 Å². The van der Waals surface area contributed by atoms with Crippen molar-refractivity contribution in [2.75, 3.05) is 16.4 Å². The van der Waals surface area contributed by atoms with Gasteiger partial charge in [-0.15, -0.1) is 0 Å². The van der Waals surface area contributed by atoms with Crippen molar-refractivity contribution in [2.24, 2.45) is 7.05 Å². The molecule has 0 saturated carbocycles. The van der Waals surface area contributed by atoms with E-state index in [9.17, 15) is 4.79 Å². The molecule has 0 spiro atoms. The Morgan fingerprint density at radius 3 is 2.56 bits per heavy atom. The minimum absolute atomic E-state index is 0.274.